The molecule has 0 amide bonds. The number of Topliss-reactive ketones (excluding diaryl/α,β-unsaturated/α-hetero) is 2. The number of hydrogen-bond donors (Lipinski definition) is 0. The molecule has 0 aliphatic heterocycles. The quantitative estimate of drug-likeness (QED) is 0.630. The van der Waals surface area contributed by atoms with Gasteiger partial charge in [0.15, 0.2) is 17.5 Å². The van der Waals surface area contributed by atoms with Crippen molar-refractivity contribution in [3.05, 3.63) is 33.3 Å². The lowest BCUT2D eigenvalue weighted by Crippen LogP contribution is -2.24. The van der Waals surface area contributed by atoms with Crippen LogP contribution in [0.3, 0.4) is 0 Å². The van der Waals surface area contributed by atoms with Crippen LogP contribution in [0.15, 0.2) is 12.1 Å². The topological polar surface area (TPSA) is 57.9 Å². The molecule has 0 aromatic heterocycles. The van der Waals surface area contributed by atoms with E-state index in [1.807, 2.05) is 0 Å². The molecule has 1 atom stereocenters. The third kappa shape index (κ3) is 2.65. The van der Waals surface area contributed by atoms with Crippen LogP contribution in [0.2, 0.25) is 10.0 Å². The second-order valence-corrected chi connectivity index (χ2v) is 5.42. The Morgan fingerprint density at radius 2 is 2.00 bits per heavy atom. The van der Waals surface area contributed by atoms with Gasteiger partial charge in [-0.15, -0.1) is 0 Å². The van der Waals surface area contributed by atoms with Crippen LogP contribution < -0.4 is 0 Å². The lowest BCUT2D eigenvalue weighted by Gasteiger charge is -2.10. The van der Waals surface area contributed by atoms with Gasteiger partial charge in [-0.2, -0.15) is 5.26 Å². The molecule has 1 fully saturated rings. The Morgan fingerprint density at radius 3 is 2.53 bits per heavy atom. The van der Waals surface area contributed by atoms with Crippen LogP contribution in [-0.2, 0) is 4.79 Å². The van der Waals surface area contributed by atoms with Crippen LogP contribution in [0.4, 0.5) is 0 Å². The molecular formula is C14H11Cl2NO2. The summed E-state index contributed by atoms with van der Waals surface area (Å²) in [6.07, 6.45) is 1.52. The van der Waals surface area contributed by atoms with E-state index in [2.05, 4.69) is 0 Å². The largest absolute Gasteiger partial charge is 0.297 e. The SMILES string of the molecule is Cc1c(Cl)ccc(C(=O)C(C#N)C(=O)C2CC2)c1Cl. The summed E-state index contributed by atoms with van der Waals surface area (Å²) < 4.78 is 0. The van der Waals surface area contributed by atoms with Gasteiger partial charge in [-0.05, 0) is 37.5 Å². The van der Waals surface area contributed by atoms with Gasteiger partial charge in [-0.3, -0.25) is 9.59 Å². The maximum absolute atomic E-state index is 12.3. The molecule has 0 bridgehead atoms. The first-order valence-corrected chi connectivity index (χ1v) is 6.65. The van der Waals surface area contributed by atoms with E-state index in [9.17, 15) is 9.59 Å². The smallest absolute Gasteiger partial charge is 0.189 e. The van der Waals surface area contributed by atoms with E-state index in [1.165, 1.54) is 6.07 Å². The van der Waals surface area contributed by atoms with Crippen LogP contribution in [0, 0.1) is 30.1 Å². The Labute approximate surface area is 121 Å². The summed E-state index contributed by atoms with van der Waals surface area (Å²) in [6, 6.07) is 4.80. The minimum Gasteiger partial charge on any atom is -0.297 e. The average Bonchev–Trinajstić information content (AvgIpc) is 3.21. The number of hydrogen-bond acceptors (Lipinski definition) is 3. The fourth-order valence-corrected chi connectivity index (χ4v) is 2.33. The van der Waals surface area contributed by atoms with E-state index in [0.29, 0.717) is 10.6 Å². The molecule has 0 saturated heterocycles. The maximum Gasteiger partial charge on any atom is 0.189 e. The van der Waals surface area contributed by atoms with Gasteiger partial charge >= 0.3 is 0 Å². The van der Waals surface area contributed by atoms with Gasteiger partial charge in [0.25, 0.3) is 0 Å². The average molecular weight is 296 g/mol. The number of ketones is 2. The Morgan fingerprint density at radius 1 is 1.37 bits per heavy atom. The molecule has 3 nitrogen and oxygen atoms in total. The van der Waals surface area contributed by atoms with Gasteiger partial charge < -0.3 is 0 Å². The molecule has 1 aromatic rings. The van der Waals surface area contributed by atoms with Crippen molar-refractivity contribution in [3.8, 4) is 6.07 Å². The summed E-state index contributed by atoms with van der Waals surface area (Å²) in [5.41, 5.74) is 0.758. The molecule has 1 aromatic carbocycles. The first-order chi connectivity index (χ1) is 8.97. The van der Waals surface area contributed by atoms with Crippen molar-refractivity contribution in [1.29, 1.82) is 5.26 Å². The van der Waals surface area contributed by atoms with Gasteiger partial charge in [-0.1, -0.05) is 23.2 Å². The van der Waals surface area contributed by atoms with E-state index < -0.39 is 11.7 Å². The van der Waals surface area contributed by atoms with Crippen LogP contribution in [0.25, 0.3) is 0 Å². The predicted octanol–water partition coefficient (Wildman–Crippen LogP) is 3.60. The summed E-state index contributed by atoms with van der Waals surface area (Å²) in [5.74, 6) is -2.23. The first kappa shape index (κ1) is 14.0. The van der Waals surface area contributed by atoms with Crippen molar-refractivity contribution < 1.29 is 9.59 Å². The second kappa shape index (κ2) is 5.32. The van der Waals surface area contributed by atoms with Crippen LogP contribution in [0.5, 0.6) is 0 Å². The van der Waals surface area contributed by atoms with Gasteiger partial charge in [0.05, 0.1) is 11.1 Å². The Kier molecular flexibility index (Phi) is 3.93. The molecule has 1 aliphatic rings. The molecular weight excluding hydrogens is 285 g/mol. The molecule has 0 N–H and O–H groups in total. The van der Waals surface area contributed by atoms with Gasteiger partial charge in [-0.25, -0.2) is 0 Å². The highest BCUT2D eigenvalue weighted by atomic mass is 35.5. The molecule has 1 unspecified atom stereocenters. The molecule has 1 aliphatic carbocycles. The highest BCUT2D eigenvalue weighted by Gasteiger charge is 2.39. The second-order valence-electron chi connectivity index (χ2n) is 4.64. The van der Waals surface area contributed by atoms with Gasteiger partial charge in [0, 0.05) is 16.5 Å². The third-order valence-electron chi connectivity index (χ3n) is 3.24. The zero-order valence-electron chi connectivity index (χ0n) is 10.2. The van der Waals surface area contributed by atoms with Crippen LogP contribution in [-0.4, -0.2) is 11.6 Å². The first-order valence-electron chi connectivity index (χ1n) is 5.89. The van der Waals surface area contributed by atoms with Crippen molar-refractivity contribution in [2.45, 2.75) is 19.8 Å². The Balaban J connectivity index is 2.35. The number of benzene rings is 1. The summed E-state index contributed by atoms with van der Waals surface area (Å²) >= 11 is 12.0. The number of nitriles is 1. The third-order valence-corrected chi connectivity index (χ3v) is 4.14. The molecule has 0 radical (unpaired) electrons. The highest BCUT2D eigenvalue weighted by Crippen LogP contribution is 2.34. The normalized spacial score (nSPS) is 15.7. The molecule has 19 heavy (non-hydrogen) atoms. The van der Waals surface area contributed by atoms with Crippen molar-refractivity contribution in [2.24, 2.45) is 11.8 Å². The fourth-order valence-electron chi connectivity index (χ4n) is 1.86. The predicted molar refractivity (Wildman–Crippen MR) is 72.4 cm³/mol. The molecule has 0 heterocycles. The molecule has 0 spiro atoms. The van der Waals surface area contributed by atoms with E-state index in [4.69, 9.17) is 28.5 Å². The zero-order chi connectivity index (χ0) is 14.2. The van der Waals surface area contributed by atoms with E-state index in [-0.39, 0.29) is 22.3 Å². The zero-order valence-corrected chi connectivity index (χ0v) is 11.8. The Hall–Kier alpha value is -1.37. The monoisotopic (exact) mass is 295 g/mol. The van der Waals surface area contributed by atoms with Crippen LogP contribution >= 0.6 is 23.2 Å². The van der Waals surface area contributed by atoms with Crippen molar-refractivity contribution >= 4 is 34.8 Å². The molecule has 2 rings (SSSR count). The minimum absolute atomic E-state index is 0.138. The molecule has 5 heteroatoms. The summed E-state index contributed by atoms with van der Waals surface area (Å²) in [6.45, 7) is 1.69. The van der Waals surface area contributed by atoms with Crippen LogP contribution in [0.1, 0.15) is 28.8 Å². The highest BCUT2D eigenvalue weighted by molar-refractivity contribution is 6.38. The van der Waals surface area contributed by atoms with Gasteiger partial charge in [0.1, 0.15) is 0 Å². The number of halogens is 2. The van der Waals surface area contributed by atoms with Crippen molar-refractivity contribution in [3.63, 3.8) is 0 Å². The number of carbonyl (C=O) groups excluding carboxylic acids is 2. The number of rotatable bonds is 4. The lowest BCUT2D eigenvalue weighted by atomic mass is 9.92. The molecule has 98 valence electrons. The molecule has 1 saturated carbocycles. The fraction of sp³-hybridized carbons (Fsp3) is 0.357. The minimum atomic E-state index is -1.26. The lowest BCUT2D eigenvalue weighted by molar-refractivity contribution is -0.121. The summed E-state index contributed by atoms with van der Waals surface area (Å²) in [7, 11) is 0. The summed E-state index contributed by atoms with van der Waals surface area (Å²) in [5, 5.41) is 9.72. The summed E-state index contributed by atoms with van der Waals surface area (Å²) in [4.78, 5) is 24.2. The van der Waals surface area contributed by atoms with E-state index in [0.717, 1.165) is 12.8 Å². The van der Waals surface area contributed by atoms with Crippen molar-refractivity contribution in [1.82, 2.24) is 0 Å². The number of carbonyl (C=O) groups is 2. The van der Waals surface area contributed by atoms with E-state index >= 15 is 0 Å². The van der Waals surface area contributed by atoms with Gasteiger partial charge in [0.2, 0.25) is 0 Å². The van der Waals surface area contributed by atoms with E-state index in [1.54, 1.807) is 19.1 Å². The van der Waals surface area contributed by atoms with Crippen molar-refractivity contribution in [2.75, 3.05) is 0 Å². The standard InChI is InChI=1S/C14H11Cl2NO2/c1-7-11(15)5-4-9(12(7)16)14(19)10(6-17)13(18)8-2-3-8/h4-5,8,10H,2-3H2,1H3. The number of nitrogens with zero attached hydrogens (tertiary/aromatic N) is 1. The maximum atomic E-state index is 12.3. The Bertz CT molecular complexity index is 600.